The van der Waals surface area contributed by atoms with Gasteiger partial charge in [0.05, 0.1) is 6.04 Å². The minimum atomic E-state index is -0.410. The molecule has 0 heterocycles. The molecule has 2 aromatic carbocycles. The van der Waals surface area contributed by atoms with Crippen LogP contribution in [0.3, 0.4) is 0 Å². The number of benzene rings is 2. The third kappa shape index (κ3) is 2.59. The van der Waals surface area contributed by atoms with Crippen molar-refractivity contribution < 1.29 is 4.39 Å². The predicted molar refractivity (Wildman–Crippen MR) is 73.0 cm³/mol. The van der Waals surface area contributed by atoms with Gasteiger partial charge >= 0.3 is 0 Å². The van der Waals surface area contributed by atoms with E-state index < -0.39 is 6.04 Å². The first-order chi connectivity index (χ1) is 8.59. The Morgan fingerprint density at radius 2 is 1.44 bits per heavy atom. The van der Waals surface area contributed by atoms with Crippen molar-refractivity contribution in [3.63, 3.8) is 0 Å². The van der Waals surface area contributed by atoms with Crippen molar-refractivity contribution in [3.8, 4) is 0 Å². The second-order valence-electron chi connectivity index (χ2n) is 4.82. The van der Waals surface area contributed by atoms with E-state index in [0.29, 0.717) is 11.5 Å². The van der Waals surface area contributed by atoms with Gasteiger partial charge in [0.2, 0.25) is 0 Å². The predicted octanol–water partition coefficient (Wildman–Crippen LogP) is 4.00. The van der Waals surface area contributed by atoms with Crippen LogP contribution in [0, 0.1) is 5.82 Å². The van der Waals surface area contributed by atoms with Gasteiger partial charge in [-0.05, 0) is 23.1 Å². The number of hydrogen-bond acceptors (Lipinski definition) is 1. The van der Waals surface area contributed by atoms with Crippen LogP contribution in [-0.4, -0.2) is 0 Å². The van der Waals surface area contributed by atoms with E-state index in [1.54, 1.807) is 18.2 Å². The first-order valence-electron chi connectivity index (χ1n) is 6.19. The molecule has 94 valence electrons. The van der Waals surface area contributed by atoms with Crippen LogP contribution in [0.5, 0.6) is 0 Å². The Balaban J connectivity index is 2.29. The minimum absolute atomic E-state index is 0.252. The van der Waals surface area contributed by atoms with Crippen LogP contribution in [0.15, 0.2) is 48.5 Å². The van der Waals surface area contributed by atoms with Gasteiger partial charge < -0.3 is 5.73 Å². The van der Waals surface area contributed by atoms with Gasteiger partial charge in [-0.2, -0.15) is 0 Å². The molecule has 2 heteroatoms. The Bertz CT molecular complexity index is 517. The Hall–Kier alpha value is -1.67. The summed E-state index contributed by atoms with van der Waals surface area (Å²) >= 11 is 0. The molecule has 0 aliphatic rings. The molecule has 2 N–H and O–H groups in total. The zero-order chi connectivity index (χ0) is 13.1. The summed E-state index contributed by atoms with van der Waals surface area (Å²) in [4.78, 5) is 0. The van der Waals surface area contributed by atoms with Crippen LogP contribution in [0.4, 0.5) is 4.39 Å². The molecule has 1 unspecified atom stereocenters. The summed E-state index contributed by atoms with van der Waals surface area (Å²) in [5.41, 5.74) is 8.84. The number of halogens is 1. The maximum absolute atomic E-state index is 13.7. The quantitative estimate of drug-likeness (QED) is 0.866. The van der Waals surface area contributed by atoms with Gasteiger partial charge in [0, 0.05) is 5.56 Å². The lowest BCUT2D eigenvalue weighted by Crippen LogP contribution is -2.13. The molecular formula is C16H18FN. The van der Waals surface area contributed by atoms with Gasteiger partial charge in [0.1, 0.15) is 5.82 Å². The summed E-state index contributed by atoms with van der Waals surface area (Å²) in [7, 11) is 0. The van der Waals surface area contributed by atoms with Gasteiger partial charge in [-0.15, -0.1) is 0 Å². The standard InChI is InChI=1S/C16H18FN/c1-11(2)12-7-9-13(10-8-12)16(18)14-5-3-4-6-15(14)17/h3-11,16H,18H2,1-2H3. The first kappa shape index (κ1) is 12.8. The summed E-state index contributed by atoms with van der Waals surface area (Å²) in [6.07, 6.45) is 0. The highest BCUT2D eigenvalue weighted by Crippen LogP contribution is 2.23. The van der Waals surface area contributed by atoms with Crippen LogP contribution >= 0.6 is 0 Å². The second-order valence-corrected chi connectivity index (χ2v) is 4.82. The molecule has 0 aliphatic carbocycles. The minimum Gasteiger partial charge on any atom is -0.320 e. The van der Waals surface area contributed by atoms with E-state index in [2.05, 4.69) is 26.0 Å². The molecule has 1 nitrogen and oxygen atoms in total. The van der Waals surface area contributed by atoms with Crippen molar-refractivity contribution in [1.82, 2.24) is 0 Å². The van der Waals surface area contributed by atoms with Crippen molar-refractivity contribution in [2.24, 2.45) is 5.73 Å². The molecule has 0 spiro atoms. The lowest BCUT2D eigenvalue weighted by atomic mass is 9.95. The monoisotopic (exact) mass is 243 g/mol. The molecule has 0 amide bonds. The smallest absolute Gasteiger partial charge is 0.128 e. The highest BCUT2D eigenvalue weighted by molar-refractivity contribution is 5.34. The maximum Gasteiger partial charge on any atom is 0.128 e. The zero-order valence-corrected chi connectivity index (χ0v) is 10.7. The molecule has 1 atom stereocenters. The largest absolute Gasteiger partial charge is 0.320 e. The number of nitrogens with two attached hydrogens (primary N) is 1. The molecule has 0 bridgehead atoms. The third-order valence-corrected chi connectivity index (χ3v) is 3.20. The van der Waals surface area contributed by atoms with E-state index >= 15 is 0 Å². The Labute approximate surface area is 107 Å². The van der Waals surface area contributed by atoms with Gasteiger partial charge in [-0.25, -0.2) is 4.39 Å². The fourth-order valence-electron chi connectivity index (χ4n) is 2.00. The van der Waals surface area contributed by atoms with Crippen LogP contribution < -0.4 is 5.73 Å². The number of rotatable bonds is 3. The van der Waals surface area contributed by atoms with Gasteiger partial charge in [0.25, 0.3) is 0 Å². The summed E-state index contributed by atoms with van der Waals surface area (Å²) in [5, 5.41) is 0. The average Bonchev–Trinajstić information content (AvgIpc) is 2.38. The Morgan fingerprint density at radius 3 is 2.00 bits per heavy atom. The van der Waals surface area contributed by atoms with E-state index in [1.807, 2.05) is 12.1 Å². The molecule has 0 fully saturated rings. The van der Waals surface area contributed by atoms with Gasteiger partial charge in [-0.1, -0.05) is 56.3 Å². The molecule has 0 radical (unpaired) electrons. The molecular weight excluding hydrogens is 225 g/mol. The van der Waals surface area contributed by atoms with Crippen molar-refractivity contribution >= 4 is 0 Å². The van der Waals surface area contributed by atoms with Crippen LogP contribution in [0.1, 0.15) is 42.5 Å². The van der Waals surface area contributed by atoms with Gasteiger partial charge in [-0.3, -0.25) is 0 Å². The first-order valence-corrected chi connectivity index (χ1v) is 6.19. The molecule has 0 saturated carbocycles. The highest BCUT2D eigenvalue weighted by atomic mass is 19.1. The van der Waals surface area contributed by atoms with Crippen molar-refractivity contribution in [2.75, 3.05) is 0 Å². The highest BCUT2D eigenvalue weighted by Gasteiger charge is 2.12. The van der Waals surface area contributed by atoms with Crippen molar-refractivity contribution in [1.29, 1.82) is 0 Å². The SMILES string of the molecule is CC(C)c1ccc(C(N)c2ccccc2F)cc1. The average molecular weight is 243 g/mol. The van der Waals surface area contributed by atoms with E-state index in [0.717, 1.165) is 5.56 Å². The third-order valence-electron chi connectivity index (χ3n) is 3.20. The fourth-order valence-corrected chi connectivity index (χ4v) is 2.00. The second kappa shape index (κ2) is 5.32. The van der Waals surface area contributed by atoms with Crippen LogP contribution in [-0.2, 0) is 0 Å². The maximum atomic E-state index is 13.7. The van der Waals surface area contributed by atoms with Crippen LogP contribution in [0.25, 0.3) is 0 Å². The Kier molecular flexibility index (Phi) is 3.78. The number of hydrogen-bond donors (Lipinski definition) is 1. The molecule has 2 aromatic rings. The lowest BCUT2D eigenvalue weighted by Gasteiger charge is -2.14. The zero-order valence-electron chi connectivity index (χ0n) is 10.7. The fraction of sp³-hybridized carbons (Fsp3) is 0.250. The summed E-state index contributed by atoms with van der Waals surface area (Å²) in [6, 6.07) is 14.3. The molecule has 0 aliphatic heterocycles. The molecule has 2 rings (SSSR count). The molecule has 18 heavy (non-hydrogen) atoms. The summed E-state index contributed by atoms with van der Waals surface area (Å²) < 4.78 is 13.7. The van der Waals surface area contributed by atoms with Crippen molar-refractivity contribution in [2.45, 2.75) is 25.8 Å². The molecule has 0 aromatic heterocycles. The van der Waals surface area contributed by atoms with E-state index in [9.17, 15) is 4.39 Å². The Morgan fingerprint density at radius 1 is 0.889 bits per heavy atom. The van der Waals surface area contributed by atoms with Crippen LogP contribution in [0.2, 0.25) is 0 Å². The summed E-state index contributed by atoms with van der Waals surface area (Å²) in [5.74, 6) is 0.238. The molecule has 0 saturated heterocycles. The summed E-state index contributed by atoms with van der Waals surface area (Å²) in [6.45, 7) is 4.29. The lowest BCUT2D eigenvalue weighted by molar-refractivity contribution is 0.599. The normalized spacial score (nSPS) is 12.7. The van der Waals surface area contributed by atoms with E-state index in [-0.39, 0.29) is 5.82 Å². The topological polar surface area (TPSA) is 26.0 Å². The van der Waals surface area contributed by atoms with E-state index in [4.69, 9.17) is 5.73 Å². The van der Waals surface area contributed by atoms with Crippen molar-refractivity contribution in [3.05, 3.63) is 71.0 Å². The van der Waals surface area contributed by atoms with Gasteiger partial charge in [0.15, 0.2) is 0 Å². The van der Waals surface area contributed by atoms with E-state index in [1.165, 1.54) is 11.6 Å².